The van der Waals surface area contributed by atoms with E-state index in [9.17, 15) is 9.59 Å². The van der Waals surface area contributed by atoms with Crippen molar-refractivity contribution in [3.8, 4) is 0 Å². The van der Waals surface area contributed by atoms with Crippen molar-refractivity contribution < 1.29 is 14.7 Å². The molecule has 110 valence electrons. The fourth-order valence-electron chi connectivity index (χ4n) is 2.41. The molecule has 0 aromatic heterocycles. The molecule has 5 nitrogen and oxygen atoms in total. The van der Waals surface area contributed by atoms with Crippen molar-refractivity contribution in [3.63, 3.8) is 0 Å². The predicted molar refractivity (Wildman–Crippen MR) is 77.6 cm³/mol. The van der Waals surface area contributed by atoms with Gasteiger partial charge in [0.1, 0.15) is 6.04 Å². The molecule has 1 aliphatic rings. The van der Waals surface area contributed by atoms with Gasteiger partial charge < -0.3 is 15.7 Å². The molecule has 0 saturated heterocycles. The molecule has 1 saturated carbocycles. The van der Waals surface area contributed by atoms with Gasteiger partial charge in [-0.2, -0.15) is 11.8 Å². The maximum Gasteiger partial charge on any atom is 0.326 e. The number of hydrogen-bond acceptors (Lipinski definition) is 3. The Morgan fingerprint density at radius 2 is 2.16 bits per heavy atom. The summed E-state index contributed by atoms with van der Waals surface area (Å²) in [5.74, 6) is -0.962. The predicted octanol–water partition coefficient (Wildman–Crippen LogP) is 2.21. The van der Waals surface area contributed by atoms with Crippen molar-refractivity contribution in [2.24, 2.45) is 0 Å². The lowest BCUT2D eigenvalue weighted by molar-refractivity contribution is -0.139. The zero-order chi connectivity index (χ0) is 14.3. The first-order valence-corrected chi connectivity index (χ1v) is 8.19. The van der Waals surface area contributed by atoms with E-state index in [1.165, 1.54) is 0 Å². The highest BCUT2D eigenvalue weighted by Crippen LogP contribution is 2.28. The van der Waals surface area contributed by atoms with Crippen LogP contribution in [-0.4, -0.2) is 40.7 Å². The van der Waals surface area contributed by atoms with Crippen molar-refractivity contribution in [1.82, 2.24) is 10.6 Å². The maximum atomic E-state index is 11.8. The molecule has 1 aliphatic carbocycles. The first kappa shape index (κ1) is 16.1. The quantitative estimate of drug-likeness (QED) is 0.671. The number of hydrogen-bond donors (Lipinski definition) is 3. The van der Waals surface area contributed by atoms with E-state index in [0.29, 0.717) is 11.7 Å². The van der Waals surface area contributed by atoms with E-state index in [-0.39, 0.29) is 12.1 Å². The molecule has 0 aromatic carbocycles. The number of carbonyl (C=O) groups excluding carboxylic acids is 1. The Hall–Kier alpha value is -0.910. The Labute approximate surface area is 118 Å². The van der Waals surface area contributed by atoms with Gasteiger partial charge in [-0.25, -0.2) is 9.59 Å². The molecule has 0 heterocycles. The first-order valence-electron chi connectivity index (χ1n) is 6.91. The number of nitrogens with one attached hydrogen (secondary N) is 2. The number of rotatable bonds is 7. The summed E-state index contributed by atoms with van der Waals surface area (Å²) in [6, 6.07) is -0.973. The largest absolute Gasteiger partial charge is 0.480 e. The second-order valence-corrected chi connectivity index (χ2v) is 6.04. The summed E-state index contributed by atoms with van der Waals surface area (Å²) >= 11 is 1.76. The fourth-order valence-corrected chi connectivity index (χ4v) is 3.34. The van der Waals surface area contributed by atoms with Gasteiger partial charge in [-0.05, 0) is 25.5 Å². The first-order chi connectivity index (χ1) is 9.08. The van der Waals surface area contributed by atoms with E-state index in [2.05, 4.69) is 10.6 Å². The summed E-state index contributed by atoms with van der Waals surface area (Å²) in [4.78, 5) is 22.9. The Balaban J connectivity index is 2.41. The van der Waals surface area contributed by atoms with Crippen molar-refractivity contribution >= 4 is 23.8 Å². The van der Waals surface area contributed by atoms with E-state index in [0.717, 1.165) is 32.1 Å². The minimum atomic E-state index is -0.962. The minimum Gasteiger partial charge on any atom is -0.480 e. The average molecular weight is 288 g/mol. The molecule has 3 atom stereocenters. The molecule has 0 aromatic rings. The number of unbranched alkanes of at least 4 members (excludes halogenated alkanes) is 1. The highest BCUT2D eigenvalue weighted by molar-refractivity contribution is 7.99. The topological polar surface area (TPSA) is 78.4 Å². The Bertz CT molecular complexity index is 312. The van der Waals surface area contributed by atoms with Crippen LogP contribution < -0.4 is 10.6 Å². The van der Waals surface area contributed by atoms with E-state index < -0.39 is 12.0 Å². The van der Waals surface area contributed by atoms with E-state index in [4.69, 9.17) is 5.11 Å². The molecule has 3 N–H and O–H groups in total. The molecule has 19 heavy (non-hydrogen) atoms. The number of carboxylic acids is 1. The van der Waals surface area contributed by atoms with Gasteiger partial charge in [0.15, 0.2) is 0 Å². The van der Waals surface area contributed by atoms with Crippen molar-refractivity contribution in [2.45, 2.75) is 62.8 Å². The molecule has 6 heteroatoms. The van der Waals surface area contributed by atoms with Crippen molar-refractivity contribution in [1.29, 1.82) is 0 Å². The number of amides is 2. The summed E-state index contributed by atoms with van der Waals surface area (Å²) in [5, 5.41) is 15.0. The number of urea groups is 1. The van der Waals surface area contributed by atoms with Gasteiger partial charge in [-0.15, -0.1) is 0 Å². The molecular formula is C13H24N2O3S. The summed E-state index contributed by atoms with van der Waals surface area (Å²) in [6.45, 7) is 2.00. The van der Waals surface area contributed by atoms with Crippen LogP contribution in [0.25, 0.3) is 0 Å². The van der Waals surface area contributed by atoms with E-state index in [1.807, 2.05) is 13.2 Å². The van der Waals surface area contributed by atoms with E-state index in [1.54, 1.807) is 11.8 Å². The highest BCUT2D eigenvalue weighted by Gasteiger charge is 2.28. The summed E-state index contributed by atoms with van der Waals surface area (Å²) < 4.78 is 0. The van der Waals surface area contributed by atoms with Gasteiger partial charge in [0.2, 0.25) is 0 Å². The van der Waals surface area contributed by atoms with Crippen LogP contribution in [0.5, 0.6) is 0 Å². The van der Waals surface area contributed by atoms with Crippen LogP contribution >= 0.6 is 11.8 Å². The molecule has 0 bridgehead atoms. The van der Waals surface area contributed by atoms with E-state index >= 15 is 0 Å². The molecule has 1 rings (SSSR count). The van der Waals surface area contributed by atoms with Crippen molar-refractivity contribution in [3.05, 3.63) is 0 Å². The van der Waals surface area contributed by atoms with Gasteiger partial charge >= 0.3 is 12.0 Å². The lowest BCUT2D eigenvalue weighted by atomic mass is 10.1. The minimum absolute atomic E-state index is 0.163. The molecule has 0 spiro atoms. The monoisotopic (exact) mass is 288 g/mol. The Morgan fingerprint density at radius 3 is 2.74 bits per heavy atom. The molecule has 2 amide bonds. The SMILES string of the molecule is CCCC[C@H](NC(=O)NC1CCCC1SC)C(=O)O. The molecule has 1 fully saturated rings. The van der Waals surface area contributed by atoms with Crippen LogP contribution in [0.15, 0.2) is 0 Å². The Morgan fingerprint density at radius 1 is 1.42 bits per heavy atom. The summed E-state index contributed by atoms with van der Waals surface area (Å²) in [5.41, 5.74) is 0. The third-order valence-corrected chi connectivity index (χ3v) is 4.69. The number of aliphatic carboxylic acids is 1. The zero-order valence-corrected chi connectivity index (χ0v) is 12.5. The number of thioether (sulfide) groups is 1. The van der Waals surface area contributed by atoms with Gasteiger partial charge in [0.25, 0.3) is 0 Å². The Kier molecular flexibility index (Phi) is 7.05. The summed E-state index contributed by atoms with van der Waals surface area (Å²) in [7, 11) is 0. The number of carbonyl (C=O) groups is 2. The van der Waals surface area contributed by atoms with Gasteiger partial charge in [-0.1, -0.05) is 26.2 Å². The summed E-state index contributed by atoms with van der Waals surface area (Å²) in [6.07, 6.45) is 7.46. The number of carboxylic acid groups (broad SMARTS) is 1. The second kappa shape index (κ2) is 8.30. The standard InChI is InChI=1S/C13H24N2O3S/c1-3-4-6-10(12(16)17)15-13(18)14-9-7-5-8-11(9)19-2/h9-11H,3-8H2,1-2H3,(H,16,17)(H2,14,15,18)/t9?,10-,11?/m0/s1. The fraction of sp³-hybridized carbons (Fsp3) is 0.846. The van der Waals surface area contributed by atoms with Crippen LogP contribution in [0.2, 0.25) is 0 Å². The maximum absolute atomic E-state index is 11.8. The second-order valence-electron chi connectivity index (χ2n) is 4.96. The van der Waals surface area contributed by atoms with Crippen molar-refractivity contribution in [2.75, 3.05) is 6.26 Å². The van der Waals surface area contributed by atoms with Crippen LogP contribution in [0.4, 0.5) is 4.79 Å². The third kappa shape index (κ3) is 5.30. The third-order valence-electron chi connectivity index (χ3n) is 3.52. The smallest absolute Gasteiger partial charge is 0.326 e. The molecular weight excluding hydrogens is 264 g/mol. The molecule has 2 unspecified atom stereocenters. The molecule has 0 radical (unpaired) electrons. The highest BCUT2D eigenvalue weighted by atomic mass is 32.2. The normalized spacial score (nSPS) is 23.9. The molecule has 0 aliphatic heterocycles. The van der Waals surface area contributed by atoms with Crippen LogP contribution in [-0.2, 0) is 4.79 Å². The van der Waals surface area contributed by atoms with Crippen LogP contribution in [0, 0.1) is 0 Å². The van der Waals surface area contributed by atoms with Gasteiger partial charge in [0.05, 0.1) is 0 Å². The van der Waals surface area contributed by atoms with Gasteiger partial charge in [0, 0.05) is 11.3 Å². The lowest BCUT2D eigenvalue weighted by Crippen LogP contribution is -2.50. The van der Waals surface area contributed by atoms with Crippen LogP contribution in [0.3, 0.4) is 0 Å². The lowest BCUT2D eigenvalue weighted by Gasteiger charge is -2.21. The van der Waals surface area contributed by atoms with Gasteiger partial charge in [-0.3, -0.25) is 0 Å². The average Bonchev–Trinajstić information content (AvgIpc) is 2.81. The van der Waals surface area contributed by atoms with Crippen LogP contribution in [0.1, 0.15) is 45.4 Å². The zero-order valence-electron chi connectivity index (χ0n) is 11.6.